The SMILES string of the molecule is C=CC(C)(CCOCCOCCOC)C(=O)O. The molecule has 0 rings (SSSR count). The molecule has 5 nitrogen and oxygen atoms in total. The molecule has 0 amide bonds. The minimum Gasteiger partial charge on any atom is -0.481 e. The van der Waals surface area contributed by atoms with Gasteiger partial charge in [0.1, 0.15) is 0 Å². The first-order valence-corrected chi connectivity index (χ1v) is 5.58. The molecule has 0 aliphatic carbocycles. The summed E-state index contributed by atoms with van der Waals surface area (Å²) in [7, 11) is 1.61. The van der Waals surface area contributed by atoms with Crippen molar-refractivity contribution in [3.8, 4) is 0 Å². The van der Waals surface area contributed by atoms with Crippen LogP contribution in [0.4, 0.5) is 0 Å². The number of methoxy groups -OCH3 is 1. The van der Waals surface area contributed by atoms with E-state index in [9.17, 15) is 4.79 Å². The number of carbonyl (C=O) groups is 1. The molecule has 1 N–H and O–H groups in total. The lowest BCUT2D eigenvalue weighted by Gasteiger charge is -2.19. The summed E-state index contributed by atoms with van der Waals surface area (Å²) in [4.78, 5) is 10.9. The van der Waals surface area contributed by atoms with Crippen molar-refractivity contribution < 1.29 is 24.1 Å². The van der Waals surface area contributed by atoms with Crippen LogP contribution < -0.4 is 0 Å². The van der Waals surface area contributed by atoms with Gasteiger partial charge in [-0.25, -0.2) is 0 Å². The zero-order valence-corrected chi connectivity index (χ0v) is 10.6. The van der Waals surface area contributed by atoms with Crippen molar-refractivity contribution in [2.24, 2.45) is 5.41 Å². The molecule has 0 radical (unpaired) electrons. The zero-order valence-electron chi connectivity index (χ0n) is 10.6. The maximum Gasteiger partial charge on any atom is 0.313 e. The van der Waals surface area contributed by atoms with Gasteiger partial charge >= 0.3 is 5.97 Å². The summed E-state index contributed by atoms with van der Waals surface area (Å²) in [5.41, 5.74) is -0.920. The van der Waals surface area contributed by atoms with Gasteiger partial charge in [0.25, 0.3) is 0 Å². The molecule has 1 atom stereocenters. The molecule has 0 aromatic heterocycles. The Labute approximate surface area is 102 Å². The first-order chi connectivity index (χ1) is 8.06. The predicted octanol–water partition coefficient (Wildman–Crippen LogP) is 1.33. The highest BCUT2D eigenvalue weighted by Crippen LogP contribution is 2.22. The third kappa shape index (κ3) is 7.10. The number of carboxylic acids is 1. The Morgan fingerprint density at radius 2 is 1.76 bits per heavy atom. The number of rotatable bonds is 11. The molecule has 1 unspecified atom stereocenters. The number of ether oxygens (including phenoxy) is 3. The van der Waals surface area contributed by atoms with Gasteiger partial charge in [-0.3, -0.25) is 4.79 Å². The van der Waals surface area contributed by atoms with E-state index in [0.717, 1.165) is 0 Å². The van der Waals surface area contributed by atoms with Crippen LogP contribution in [0.1, 0.15) is 13.3 Å². The van der Waals surface area contributed by atoms with Crippen molar-refractivity contribution >= 4 is 5.97 Å². The van der Waals surface area contributed by atoms with Gasteiger partial charge in [-0.1, -0.05) is 6.08 Å². The molecule has 100 valence electrons. The lowest BCUT2D eigenvalue weighted by molar-refractivity contribution is -0.146. The van der Waals surface area contributed by atoms with Crippen LogP contribution in [0.3, 0.4) is 0 Å². The van der Waals surface area contributed by atoms with Gasteiger partial charge in [0, 0.05) is 13.7 Å². The fourth-order valence-electron chi connectivity index (χ4n) is 1.04. The maximum absolute atomic E-state index is 10.9. The molecular formula is C12H22O5. The van der Waals surface area contributed by atoms with E-state index in [1.54, 1.807) is 14.0 Å². The van der Waals surface area contributed by atoms with E-state index in [0.29, 0.717) is 39.5 Å². The molecule has 0 aromatic carbocycles. The molecule has 0 aliphatic heterocycles. The fourth-order valence-corrected chi connectivity index (χ4v) is 1.04. The third-order valence-electron chi connectivity index (χ3n) is 2.51. The van der Waals surface area contributed by atoms with Crippen LogP contribution in [-0.2, 0) is 19.0 Å². The Balaban J connectivity index is 3.50. The van der Waals surface area contributed by atoms with E-state index in [-0.39, 0.29) is 0 Å². The first-order valence-electron chi connectivity index (χ1n) is 5.58. The summed E-state index contributed by atoms with van der Waals surface area (Å²) in [6.45, 7) is 7.58. The van der Waals surface area contributed by atoms with Gasteiger partial charge in [-0.2, -0.15) is 0 Å². The molecule has 0 saturated carbocycles. The van der Waals surface area contributed by atoms with Gasteiger partial charge in [0.15, 0.2) is 0 Å². The van der Waals surface area contributed by atoms with Crippen LogP contribution in [0.5, 0.6) is 0 Å². The lowest BCUT2D eigenvalue weighted by atomic mass is 9.88. The molecule has 17 heavy (non-hydrogen) atoms. The largest absolute Gasteiger partial charge is 0.481 e. The minimum absolute atomic E-state index is 0.377. The Morgan fingerprint density at radius 3 is 2.24 bits per heavy atom. The Kier molecular flexibility index (Phi) is 8.66. The van der Waals surface area contributed by atoms with Crippen molar-refractivity contribution in [2.75, 3.05) is 40.1 Å². The van der Waals surface area contributed by atoms with E-state index >= 15 is 0 Å². The number of carboxylic acid groups (broad SMARTS) is 1. The molecule has 0 aromatic rings. The molecular weight excluding hydrogens is 224 g/mol. The lowest BCUT2D eigenvalue weighted by Crippen LogP contribution is -2.26. The monoisotopic (exact) mass is 246 g/mol. The number of hydrogen-bond donors (Lipinski definition) is 1. The standard InChI is InChI=1S/C12H22O5/c1-4-12(2,11(13)14)5-6-16-9-10-17-8-7-15-3/h4H,1,5-10H2,2-3H3,(H,13,14). The van der Waals surface area contributed by atoms with E-state index < -0.39 is 11.4 Å². The second-order valence-electron chi connectivity index (χ2n) is 3.89. The van der Waals surface area contributed by atoms with Crippen molar-refractivity contribution in [1.29, 1.82) is 0 Å². The van der Waals surface area contributed by atoms with Crippen molar-refractivity contribution in [3.63, 3.8) is 0 Å². The van der Waals surface area contributed by atoms with Crippen molar-refractivity contribution in [3.05, 3.63) is 12.7 Å². The first kappa shape index (κ1) is 16.1. The van der Waals surface area contributed by atoms with Crippen LogP contribution in [0, 0.1) is 5.41 Å². The summed E-state index contributed by atoms with van der Waals surface area (Å²) < 4.78 is 15.3. The maximum atomic E-state index is 10.9. The van der Waals surface area contributed by atoms with Crippen molar-refractivity contribution in [2.45, 2.75) is 13.3 Å². The second kappa shape index (κ2) is 9.15. The van der Waals surface area contributed by atoms with Gasteiger partial charge in [0.05, 0.1) is 31.8 Å². The highest BCUT2D eigenvalue weighted by atomic mass is 16.5. The third-order valence-corrected chi connectivity index (χ3v) is 2.51. The van der Waals surface area contributed by atoms with Gasteiger partial charge < -0.3 is 19.3 Å². The normalized spacial score (nSPS) is 14.2. The zero-order chi connectivity index (χ0) is 13.1. The van der Waals surface area contributed by atoms with Gasteiger partial charge in [-0.15, -0.1) is 6.58 Å². The molecule has 0 fully saturated rings. The quantitative estimate of drug-likeness (QED) is 0.440. The molecule has 0 saturated heterocycles. The van der Waals surface area contributed by atoms with Crippen molar-refractivity contribution in [1.82, 2.24) is 0 Å². The Hall–Kier alpha value is -0.910. The van der Waals surface area contributed by atoms with Crippen LogP contribution in [0.2, 0.25) is 0 Å². The van der Waals surface area contributed by atoms with E-state index in [1.165, 1.54) is 6.08 Å². The molecule has 0 spiro atoms. The number of aliphatic carboxylic acids is 1. The second-order valence-corrected chi connectivity index (χ2v) is 3.89. The fraction of sp³-hybridized carbons (Fsp3) is 0.750. The summed E-state index contributed by atoms with van der Waals surface area (Å²) in [6.07, 6.45) is 1.84. The predicted molar refractivity (Wildman–Crippen MR) is 64.1 cm³/mol. The van der Waals surface area contributed by atoms with E-state index in [1.807, 2.05) is 0 Å². The van der Waals surface area contributed by atoms with Crippen LogP contribution in [0.25, 0.3) is 0 Å². The summed E-state index contributed by atoms with van der Waals surface area (Å²) >= 11 is 0. The summed E-state index contributed by atoms with van der Waals surface area (Å²) in [5.74, 6) is -0.882. The molecule has 0 aliphatic rings. The molecule has 0 bridgehead atoms. The summed E-state index contributed by atoms with van der Waals surface area (Å²) in [6, 6.07) is 0. The van der Waals surface area contributed by atoms with Crippen LogP contribution in [-0.4, -0.2) is 51.2 Å². The highest BCUT2D eigenvalue weighted by molar-refractivity contribution is 5.76. The van der Waals surface area contributed by atoms with E-state index in [2.05, 4.69) is 6.58 Å². The van der Waals surface area contributed by atoms with Gasteiger partial charge in [0.2, 0.25) is 0 Å². The topological polar surface area (TPSA) is 65.0 Å². The highest BCUT2D eigenvalue weighted by Gasteiger charge is 2.28. The average molecular weight is 246 g/mol. The molecule has 5 heteroatoms. The minimum atomic E-state index is -0.920. The molecule has 0 heterocycles. The smallest absolute Gasteiger partial charge is 0.313 e. The van der Waals surface area contributed by atoms with Crippen LogP contribution in [0.15, 0.2) is 12.7 Å². The van der Waals surface area contributed by atoms with E-state index in [4.69, 9.17) is 19.3 Å². The summed E-state index contributed by atoms with van der Waals surface area (Å²) in [5, 5.41) is 8.97. The Morgan fingerprint density at radius 1 is 1.24 bits per heavy atom. The number of hydrogen-bond acceptors (Lipinski definition) is 4. The van der Waals surface area contributed by atoms with Crippen LogP contribution >= 0.6 is 0 Å². The average Bonchev–Trinajstić information content (AvgIpc) is 2.32. The Bertz CT molecular complexity index is 229. The van der Waals surface area contributed by atoms with Gasteiger partial charge in [-0.05, 0) is 13.3 Å².